The number of rotatable bonds is 6. The molecule has 0 unspecified atom stereocenters. The van der Waals surface area contributed by atoms with Gasteiger partial charge in [-0.25, -0.2) is 0 Å². The molecule has 0 heterocycles. The fourth-order valence-corrected chi connectivity index (χ4v) is 1.74. The summed E-state index contributed by atoms with van der Waals surface area (Å²) in [6.45, 7) is 0.822. The largest absolute Gasteiger partial charge is 0.497 e. The molecule has 0 aliphatic heterocycles. The van der Waals surface area contributed by atoms with Crippen LogP contribution in [0.25, 0.3) is 0 Å². The molecule has 0 aliphatic carbocycles. The van der Waals surface area contributed by atoms with E-state index in [1.807, 2.05) is 24.3 Å². The summed E-state index contributed by atoms with van der Waals surface area (Å²) in [6.07, 6.45) is 0. The molecule has 2 aromatic rings. The Morgan fingerprint density at radius 2 is 1.67 bits per heavy atom. The molecule has 0 aromatic heterocycles. The van der Waals surface area contributed by atoms with Crippen molar-refractivity contribution in [3.63, 3.8) is 0 Å². The highest BCUT2D eigenvalue weighted by Crippen LogP contribution is 2.16. The predicted octanol–water partition coefficient (Wildman–Crippen LogP) is 2.09. The average Bonchev–Trinajstić information content (AvgIpc) is 2.52. The molecule has 5 nitrogen and oxygen atoms in total. The molecule has 2 rings (SSSR count). The number of nitrogens with one attached hydrogen (secondary N) is 1. The summed E-state index contributed by atoms with van der Waals surface area (Å²) >= 11 is 0. The number of hydrogen-bond donors (Lipinski definition) is 2. The number of benzene rings is 2. The van der Waals surface area contributed by atoms with Gasteiger partial charge in [0, 0.05) is 11.3 Å². The fourth-order valence-electron chi connectivity index (χ4n) is 1.74. The monoisotopic (exact) mass is 286 g/mol. The van der Waals surface area contributed by atoms with Gasteiger partial charge in [-0.15, -0.1) is 0 Å². The zero-order valence-electron chi connectivity index (χ0n) is 11.8. The second-order valence-electron chi connectivity index (χ2n) is 4.40. The second kappa shape index (κ2) is 7.19. The molecule has 0 saturated carbocycles. The minimum absolute atomic E-state index is 0.145. The quantitative estimate of drug-likeness (QED) is 0.630. The Kier molecular flexibility index (Phi) is 5.04. The first kappa shape index (κ1) is 14.7. The Balaban J connectivity index is 1.73. The molecule has 21 heavy (non-hydrogen) atoms. The predicted molar refractivity (Wildman–Crippen MR) is 81.7 cm³/mol. The van der Waals surface area contributed by atoms with Gasteiger partial charge in [-0.3, -0.25) is 4.79 Å². The third kappa shape index (κ3) is 4.42. The van der Waals surface area contributed by atoms with Gasteiger partial charge in [0.15, 0.2) is 0 Å². The molecule has 5 heteroatoms. The zero-order chi connectivity index (χ0) is 15.1. The van der Waals surface area contributed by atoms with Gasteiger partial charge in [0.25, 0.3) is 5.91 Å². The first-order valence-corrected chi connectivity index (χ1v) is 6.59. The highest BCUT2D eigenvalue weighted by molar-refractivity contribution is 5.94. The van der Waals surface area contributed by atoms with E-state index in [1.165, 1.54) is 0 Å². The average molecular weight is 286 g/mol. The van der Waals surface area contributed by atoms with Crippen LogP contribution in [0.1, 0.15) is 10.4 Å². The van der Waals surface area contributed by atoms with Crippen molar-refractivity contribution in [1.82, 2.24) is 5.32 Å². The van der Waals surface area contributed by atoms with Crippen LogP contribution in [0.2, 0.25) is 0 Å². The summed E-state index contributed by atoms with van der Waals surface area (Å²) in [4.78, 5) is 11.8. The van der Waals surface area contributed by atoms with E-state index in [9.17, 15) is 4.79 Å². The van der Waals surface area contributed by atoms with E-state index >= 15 is 0 Å². The molecular formula is C16H18N2O3. The van der Waals surface area contributed by atoms with Gasteiger partial charge in [0.2, 0.25) is 0 Å². The van der Waals surface area contributed by atoms with Gasteiger partial charge in [0.1, 0.15) is 18.1 Å². The number of amides is 1. The molecule has 0 radical (unpaired) electrons. The third-order valence-corrected chi connectivity index (χ3v) is 2.89. The van der Waals surface area contributed by atoms with Crippen LogP contribution >= 0.6 is 0 Å². The summed E-state index contributed by atoms with van der Waals surface area (Å²) in [5, 5.41) is 2.78. The maximum absolute atomic E-state index is 11.8. The van der Waals surface area contributed by atoms with Crippen molar-refractivity contribution in [2.75, 3.05) is 26.0 Å². The van der Waals surface area contributed by atoms with Gasteiger partial charge >= 0.3 is 0 Å². The number of hydrogen-bond acceptors (Lipinski definition) is 4. The lowest BCUT2D eigenvalue weighted by atomic mass is 10.2. The summed E-state index contributed by atoms with van der Waals surface area (Å²) in [5.41, 5.74) is 6.78. The summed E-state index contributed by atoms with van der Waals surface area (Å²) < 4.78 is 10.6. The first-order valence-electron chi connectivity index (χ1n) is 6.59. The van der Waals surface area contributed by atoms with Crippen LogP contribution in [-0.2, 0) is 0 Å². The summed E-state index contributed by atoms with van der Waals surface area (Å²) in [5.74, 6) is 1.37. The Morgan fingerprint density at radius 3 is 2.29 bits per heavy atom. The Labute approximate surface area is 123 Å². The molecule has 0 aliphatic rings. The molecule has 0 atom stereocenters. The lowest BCUT2D eigenvalue weighted by molar-refractivity contribution is 0.0947. The van der Waals surface area contributed by atoms with Crippen molar-refractivity contribution in [3.8, 4) is 11.5 Å². The number of anilines is 1. The molecule has 1 amide bonds. The van der Waals surface area contributed by atoms with Crippen molar-refractivity contribution in [2.24, 2.45) is 0 Å². The molecule has 0 bridgehead atoms. The van der Waals surface area contributed by atoms with Crippen LogP contribution in [0.4, 0.5) is 5.69 Å². The molecular weight excluding hydrogens is 268 g/mol. The molecule has 2 aromatic carbocycles. The molecule has 3 N–H and O–H groups in total. The van der Waals surface area contributed by atoms with E-state index in [1.54, 1.807) is 31.4 Å². The third-order valence-electron chi connectivity index (χ3n) is 2.89. The normalized spacial score (nSPS) is 9.95. The van der Waals surface area contributed by atoms with Crippen LogP contribution in [0.5, 0.6) is 11.5 Å². The fraction of sp³-hybridized carbons (Fsp3) is 0.188. The minimum atomic E-state index is -0.145. The molecule has 110 valence electrons. The Bertz CT molecular complexity index is 579. The maximum Gasteiger partial charge on any atom is 0.251 e. The van der Waals surface area contributed by atoms with Crippen LogP contribution in [0, 0.1) is 0 Å². The first-order chi connectivity index (χ1) is 10.2. The van der Waals surface area contributed by atoms with E-state index in [2.05, 4.69) is 5.32 Å². The Hall–Kier alpha value is -2.69. The van der Waals surface area contributed by atoms with E-state index < -0.39 is 0 Å². The van der Waals surface area contributed by atoms with Gasteiger partial charge in [0.05, 0.1) is 13.7 Å². The lowest BCUT2D eigenvalue weighted by Crippen LogP contribution is -2.28. The van der Waals surface area contributed by atoms with Crippen molar-refractivity contribution in [1.29, 1.82) is 0 Å². The lowest BCUT2D eigenvalue weighted by Gasteiger charge is -2.08. The zero-order valence-corrected chi connectivity index (χ0v) is 11.8. The van der Waals surface area contributed by atoms with Crippen molar-refractivity contribution >= 4 is 11.6 Å². The van der Waals surface area contributed by atoms with E-state index in [0.717, 1.165) is 11.5 Å². The highest BCUT2D eigenvalue weighted by Gasteiger charge is 2.04. The number of carbonyl (C=O) groups is 1. The van der Waals surface area contributed by atoms with Crippen LogP contribution in [-0.4, -0.2) is 26.2 Å². The topological polar surface area (TPSA) is 73.6 Å². The van der Waals surface area contributed by atoms with Gasteiger partial charge in [-0.05, 0) is 48.5 Å². The second-order valence-corrected chi connectivity index (χ2v) is 4.40. The summed E-state index contributed by atoms with van der Waals surface area (Å²) in [7, 11) is 1.61. The van der Waals surface area contributed by atoms with Gasteiger partial charge < -0.3 is 20.5 Å². The van der Waals surface area contributed by atoms with Crippen LogP contribution in [0.3, 0.4) is 0 Å². The number of ether oxygens (including phenoxy) is 2. The molecule has 0 fully saturated rings. The summed E-state index contributed by atoms with van der Waals surface area (Å²) in [6, 6.07) is 14.1. The number of methoxy groups -OCH3 is 1. The Morgan fingerprint density at radius 1 is 1.05 bits per heavy atom. The van der Waals surface area contributed by atoms with E-state index in [0.29, 0.717) is 24.4 Å². The van der Waals surface area contributed by atoms with Gasteiger partial charge in [-0.2, -0.15) is 0 Å². The van der Waals surface area contributed by atoms with E-state index in [-0.39, 0.29) is 5.91 Å². The number of nitrogens with two attached hydrogens (primary N) is 1. The highest BCUT2D eigenvalue weighted by atomic mass is 16.5. The van der Waals surface area contributed by atoms with Crippen molar-refractivity contribution in [2.45, 2.75) is 0 Å². The molecule has 0 spiro atoms. The van der Waals surface area contributed by atoms with Crippen molar-refractivity contribution < 1.29 is 14.3 Å². The number of carbonyl (C=O) groups excluding carboxylic acids is 1. The van der Waals surface area contributed by atoms with Crippen LogP contribution in [0.15, 0.2) is 48.5 Å². The van der Waals surface area contributed by atoms with E-state index in [4.69, 9.17) is 15.2 Å². The minimum Gasteiger partial charge on any atom is -0.497 e. The smallest absolute Gasteiger partial charge is 0.251 e. The maximum atomic E-state index is 11.8. The van der Waals surface area contributed by atoms with Crippen LogP contribution < -0.4 is 20.5 Å². The van der Waals surface area contributed by atoms with Crippen molar-refractivity contribution in [3.05, 3.63) is 54.1 Å². The number of nitrogen functional groups attached to an aromatic ring is 1. The standard InChI is InChI=1S/C16H18N2O3/c1-20-14-6-8-15(9-7-14)21-11-10-18-16(19)12-2-4-13(17)5-3-12/h2-9H,10-11,17H2,1H3,(H,18,19). The SMILES string of the molecule is COc1ccc(OCCNC(=O)c2ccc(N)cc2)cc1. The molecule has 0 saturated heterocycles. The van der Waals surface area contributed by atoms with Gasteiger partial charge in [-0.1, -0.05) is 0 Å².